The fourth-order valence-corrected chi connectivity index (χ4v) is 6.00. The summed E-state index contributed by atoms with van der Waals surface area (Å²) in [6.45, 7) is 0.754. The fraction of sp³-hybridized carbons (Fsp3) is 0.121. The molecule has 0 bridgehead atoms. The molecule has 0 radical (unpaired) electrons. The van der Waals surface area contributed by atoms with E-state index in [4.69, 9.17) is 9.97 Å². The number of thiazole rings is 1. The molecule has 3 aromatic carbocycles. The highest BCUT2D eigenvalue weighted by Crippen LogP contribution is 2.35. The summed E-state index contributed by atoms with van der Waals surface area (Å²) in [5, 5.41) is 8.30. The molecule has 9 nitrogen and oxygen atoms in total. The second kappa shape index (κ2) is 11.5. The van der Waals surface area contributed by atoms with Gasteiger partial charge in [-0.15, -0.1) is 11.3 Å². The van der Waals surface area contributed by atoms with E-state index in [1.54, 1.807) is 17.5 Å². The Balaban J connectivity index is 1.15. The van der Waals surface area contributed by atoms with Crippen molar-refractivity contribution in [1.29, 1.82) is 0 Å². The van der Waals surface area contributed by atoms with Crippen LogP contribution in [-0.4, -0.2) is 37.7 Å². The third-order valence-corrected chi connectivity index (χ3v) is 8.05. The van der Waals surface area contributed by atoms with Crippen LogP contribution >= 0.6 is 11.3 Å². The van der Waals surface area contributed by atoms with Gasteiger partial charge in [0.15, 0.2) is 4.96 Å². The van der Waals surface area contributed by atoms with Crippen molar-refractivity contribution < 1.29 is 9.59 Å². The zero-order valence-electron chi connectivity index (χ0n) is 23.1. The SMILES string of the molecule is O=C(Cc1ccccc1)Nc1cccc(-c2nc3sccn3c2-c2ccnc(Nc3ccc(N4CCCC4=O)cc3)n2)c1. The topological polar surface area (TPSA) is 105 Å². The van der Waals surface area contributed by atoms with Gasteiger partial charge in [-0.2, -0.15) is 0 Å². The predicted molar refractivity (Wildman–Crippen MR) is 170 cm³/mol. The predicted octanol–water partition coefficient (Wildman–Crippen LogP) is 6.57. The maximum Gasteiger partial charge on any atom is 0.228 e. The number of benzene rings is 3. The number of nitrogens with zero attached hydrogens (tertiary/aromatic N) is 5. The summed E-state index contributed by atoms with van der Waals surface area (Å²) >= 11 is 1.54. The highest BCUT2D eigenvalue weighted by molar-refractivity contribution is 7.15. The van der Waals surface area contributed by atoms with Crippen LogP contribution in [0.4, 0.5) is 23.0 Å². The monoisotopic (exact) mass is 585 g/mol. The lowest BCUT2D eigenvalue weighted by Gasteiger charge is -2.16. The molecule has 0 unspecified atom stereocenters. The van der Waals surface area contributed by atoms with E-state index in [-0.39, 0.29) is 11.8 Å². The van der Waals surface area contributed by atoms with E-state index in [0.29, 0.717) is 30.2 Å². The van der Waals surface area contributed by atoms with E-state index in [9.17, 15) is 9.59 Å². The third kappa shape index (κ3) is 5.60. The van der Waals surface area contributed by atoms with Gasteiger partial charge in [-0.1, -0.05) is 42.5 Å². The molecule has 0 atom stereocenters. The number of hydrogen-bond acceptors (Lipinski definition) is 7. The molecule has 1 aliphatic rings. The van der Waals surface area contributed by atoms with E-state index < -0.39 is 0 Å². The Kier molecular flexibility index (Phi) is 7.10. The lowest BCUT2D eigenvalue weighted by atomic mass is 10.1. The molecule has 1 aliphatic heterocycles. The number of carbonyl (C=O) groups excluding carboxylic acids is 2. The summed E-state index contributed by atoms with van der Waals surface area (Å²) in [6, 6.07) is 27.0. The van der Waals surface area contributed by atoms with Crippen LogP contribution in [0.25, 0.3) is 27.6 Å². The Bertz CT molecular complexity index is 1930. The molecule has 6 aromatic rings. The summed E-state index contributed by atoms with van der Waals surface area (Å²) in [7, 11) is 0. The average Bonchev–Trinajstić information content (AvgIpc) is 3.75. The second-order valence-corrected chi connectivity index (χ2v) is 11.1. The molecule has 43 heavy (non-hydrogen) atoms. The van der Waals surface area contributed by atoms with Gasteiger partial charge in [0.1, 0.15) is 5.69 Å². The van der Waals surface area contributed by atoms with E-state index in [1.165, 1.54) is 0 Å². The summed E-state index contributed by atoms with van der Waals surface area (Å²) in [6.07, 6.45) is 5.48. The van der Waals surface area contributed by atoms with Crippen molar-refractivity contribution in [2.45, 2.75) is 19.3 Å². The third-order valence-electron chi connectivity index (χ3n) is 7.30. The molecule has 0 spiro atoms. The van der Waals surface area contributed by atoms with Crippen LogP contribution in [0, 0.1) is 0 Å². The lowest BCUT2D eigenvalue weighted by molar-refractivity contribution is -0.117. The first kappa shape index (κ1) is 26.5. The first-order valence-electron chi connectivity index (χ1n) is 14.0. The minimum absolute atomic E-state index is 0.0824. The number of anilines is 4. The zero-order valence-corrected chi connectivity index (χ0v) is 23.9. The van der Waals surface area contributed by atoms with Gasteiger partial charge in [-0.25, -0.2) is 15.0 Å². The van der Waals surface area contributed by atoms with Gasteiger partial charge >= 0.3 is 0 Å². The van der Waals surface area contributed by atoms with E-state index in [2.05, 4.69) is 15.6 Å². The van der Waals surface area contributed by atoms with Crippen molar-refractivity contribution in [3.63, 3.8) is 0 Å². The van der Waals surface area contributed by atoms with Crippen molar-refractivity contribution >= 4 is 51.1 Å². The number of fused-ring (bicyclic) bond motifs is 1. The number of hydrogen-bond donors (Lipinski definition) is 2. The van der Waals surface area contributed by atoms with Gasteiger partial charge in [0.05, 0.1) is 17.8 Å². The van der Waals surface area contributed by atoms with Crippen LogP contribution in [0.15, 0.2) is 103 Å². The molecule has 7 rings (SSSR count). The molecule has 212 valence electrons. The van der Waals surface area contributed by atoms with Crippen molar-refractivity contribution in [1.82, 2.24) is 19.4 Å². The van der Waals surface area contributed by atoms with Crippen LogP contribution in [0.1, 0.15) is 18.4 Å². The normalized spacial score (nSPS) is 13.0. The van der Waals surface area contributed by atoms with Crippen molar-refractivity contribution in [2.75, 3.05) is 22.1 Å². The Morgan fingerprint density at radius 2 is 1.79 bits per heavy atom. The summed E-state index contributed by atoms with van der Waals surface area (Å²) in [5.41, 5.74) is 6.53. The molecule has 3 aromatic heterocycles. The molecule has 0 saturated carbocycles. The van der Waals surface area contributed by atoms with Crippen LogP contribution < -0.4 is 15.5 Å². The van der Waals surface area contributed by atoms with Gasteiger partial charge in [-0.3, -0.25) is 14.0 Å². The largest absolute Gasteiger partial charge is 0.326 e. The molecule has 4 heterocycles. The number of imidazole rings is 1. The minimum atomic E-state index is -0.0824. The Hall–Kier alpha value is -5.35. The maximum atomic E-state index is 12.7. The first-order chi connectivity index (χ1) is 21.1. The minimum Gasteiger partial charge on any atom is -0.326 e. The Labute approximate surface area is 251 Å². The first-order valence-corrected chi connectivity index (χ1v) is 14.9. The number of rotatable bonds is 8. The maximum absolute atomic E-state index is 12.7. The number of aromatic nitrogens is 4. The number of carbonyl (C=O) groups is 2. The van der Waals surface area contributed by atoms with Crippen LogP contribution in [0.3, 0.4) is 0 Å². The van der Waals surface area contributed by atoms with Crippen LogP contribution in [0.2, 0.25) is 0 Å². The molecule has 1 saturated heterocycles. The zero-order chi connectivity index (χ0) is 29.2. The van der Waals surface area contributed by atoms with Gasteiger partial charge in [0.25, 0.3) is 0 Å². The summed E-state index contributed by atoms with van der Waals surface area (Å²) < 4.78 is 2.02. The Morgan fingerprint density at radius 1 is 0.930 bits per heavy atom. The van der Waals surface area contributed by atoms with E-state index in [0.717, 1.165) is 51.8 Å². The molecule has 10 heteroatoms. The van der Waals surface area contributed by atoms with Gasteiger partial charge in [-0.05, 0) is 54.4 Å². The smallest absolute Gasteiger partial charge is 0.228 e. The molecular formula is C33H27N7O2S. The molecular weight excluding hydrogens is 558 g/mol. The number of amides is 2. The van der Waals surface area contributed by atoms with Crippen molar-refractivity contribution in [3.8, 4) is 22.6 Å². The van der Waals surface area contributed by atoms with Gasteiger partial charge < -0.3 is 15.5 Å². The quantitative estimate of drug-likeness (QED) is 0.209. The molecule has 2 amide bonds. The highest BCUT2D eigenvalue weighted by Gasteiger charge is 2.22. The van der Waals surface area contributed by atoms with Gasteiger partial charge in [0.2, 0.25) is 17.8 Å². The number of nitrogens with one attached hydrogen (secondary N) is 2. The molecule has 0 aliphatic carbocycles. The standard InChI is InChI=1S/C33H27N7O2S/c41-28(20-22-6-2-1-3-7-22)35-25-9-4-8-23(21-25)30-31(40-18-19-43-33(40)38-30)27-15-16-34-32(37-27)36-24-11-13-26(14-12-24)39-17-5-10-29(39)42/h1-4,6-9,11-16,18-19,21H,5,10,17,20H2,(H,35,41)(H,34,36,37). The highest BCUT2D eigenvalue weighted by atomic mass is 32.1. The van der Waals surface area contributed by atoms with Crippen molar-refractivity contribution in [2.24, 2.45) is 0 Å². The van der Waals surface area contributed by atoms with Crippen LogP contribution in [-0.2, 0) is 16.0 Å². The second-order valence-electron chi connectivity index (χ2n) is 10.2. The fourth-order valence-electron chi connectivity index (χ4n) is 5.29. The van der Waals surface area contributed by atoms with Gasteiger partial charge in [0, 0.05) is 53.4 Å². The molecule has 1 fully saturated rings. The lowest BCUT2D eigenvalue weighted by Crippen LogP contribution is -2.23. The van der Waals surface area contributed by atoms with E-state index >= 15 is 0 Å². The molecule has 2 N–H and O–H groups in total. The van der Waals surface area contributed by atoms with Crippen molar-refractivity contribution in [3.05, 3.63) is 108 Å². The summed E-state index contributed by atoms with van der Waals surface area (Å²) in [5.74, 6) is 0.523. The Morgan fingerprint density at radius 3 is 2.60 bits per heavy atom. The van der Waals surface area contributed by atoms with Crippen LogP contribution in [0.5, 0.6) is 0 Å². The average molecular weight is 586 g/mol. The van der Waals surface area contributed by atoms with E-state index in [1.807, 2.05) is 106 Å². The summed E-state index contributed by atoms with van der Waals surface area (Å²) in [4.78, 5) is 41.7.